The third-order valence-corrected chi connectivity index (χ3v) is 7.96. The number of nitro groups is 1. The lowest BCUT2D eigenvalue weighted by atomic mass is 10.2. The number of sulfonamides is 1. The summed E-state index contributed by atoms with van der Waals surface area (Å²) in [6.45, 7) is 3.89. The summed E-state index contributed by atoms with van der Waals surface area (Å²) in [5, 5.41) is 14.8. The quantitative estimate of drug-likeness (QED) is 0.126. The first-order valence-electron chi connectivity index (χ1n) is 13.3. The summed E-state index contributed by atoms with van der Waals surface area (Å²) in [7, 11) is -4.07. The van der Waals surface area contributed by atoms with Crippen molar-refractivity contribution in [1.29, 1.82) is 0 Å². The minimum atomic E-state index is -4.07. The van der Waals surface area contributed by atoms with Crippen LogP contribution in [0.2, 0.25) is 0 Å². The normalized spacial score (nSPS) is 11.2. The van der Waals surface area contributed by atoms with Gasteiger partial charge in [0.05, 0.1) is 28.3 Å². The highest BCUT2D eigenvalue weighted by molar-refractivity contribution is 7.92. The van der Waals surface area contributed by atoms with E-state index >= 15 is 0 Å². The lowest BCUT2D eigenvalue weighted by Gasteiger charge is -2.24. The number of nitrogens with one attached hydrogen (secondary N) is 1. The molecular weight excluding hydrogens is 572 g/mol. The molecule has 11 nitrogen and oxygen atoms in total. The van der Waals surface area contributed by atoms with Crippen LogP contribution < -0.4 is 19.2 Å². The van der Waals surface area contributed by atoms with Gasteiger partial charge in [0.15, 0.2) is 0 Å². The minimum absolute atomic E-state index is 0.0104. The Kier molecular flexibility index (Phi) is 10.1. The molecule has 0 radical (unpaired) electrons. The summed E-state index contributed by atoms with van der Waals surface area (Å²) in [6.07, 6.45) is 1.42. The molecule has 12 heteroatoms. The molecule has 0 fully saturated rings. The van der Waals surface area contributed by atoms with Crippen LogP contribution in [0.25, 0.3) is 0 Å². The van der Waals surface area contributed by atoms with Gasteiger partial charge in [-0.25, -0.2) is 13.8 Å². The first-order valence-corrected chi connectivity index (χ1v) is 14.7. The molecule has 0 saturated heterocycles. The van der Waals surface area contributed by atoms with Gasteiger partial charge in [-0.05, 0) is 97.8 Å². The van der Waals surface area contributed by atoms with Crippen LogP contribution in [-0.2, 0) is 21.4 Å². The number of hydrogen-bond donors (Lipinski definition) is 1. The van der Waals surface area contributed by atoms with Crippen LogP contribution in [0.5, 0.6) is 11.5 Å². The number of amides is 1. The van der Waals surface area contributed by atoms with Gasteiger partial charge < -0.3 is 9.47 Å². The van der Waals surface area contributed by atoms with Crippen molar-refractivity contribution in [3.8, 4) is 11.5 Å². The Morgan fingerprint density at radius 3 is 2.12 bits per heavy atom. The fourth-order valence-corrected chi connectivity index (χ4v) is 5.32. The molecule has 0 aliphatic carbocycles. The molecule has 0 bridgehead atoms. The second-order valence-corrected chi connectivity index (χ2v) is 11.2. The van der Waals surface area contributed by atoms with Gasteiger partial charge in [0.25, 0.3) is 21.6 Å². The molecule has 0 unspecified atom stereocenters. The highest BCUT2D eigenvalue weighted by Gasteiger charge is 2.27. The number of carbonyl (C=O) groups is 1. The Balaban J connectivity index is 1.39. The summed E-state index contributed by atoms with van der Waals surface area (Å²) in [6, 6.07) is 25.8. The third kappa shape index (κ3) is 8.39. The smallest absolute Gasteiger partial charge is 0.269 e. The third-order valence-electron chi connectivity index (χ3n) is 6.17. The predicted octanol–water partition coefficient (Wildman–Crippen LogP) is 5.23. The van der Waals surface area contributed by atoms with E-state index in [9.17, 15) is 23.3 Å². The number of nitro benzene ring substituents is 1. The Labute approximate surface area is 249 Å². The van der Waals surface area contributed by atoms with E-state index in [1.165, 1.54) is 30.5 Å². The van der Waals surface area contributed by atoms with Gasteiger partial charge in [0, 0.05) is 12.1 Å². The maximum Gasteiger partial charge on any atom is 0.269 e. The van der Waals surface area contributed by atoms with E-state index in [1.54, 1.807) is 72.8 Å². The van der Waals surface area contributed by atoms with E-state index in [0.717, 1.165) is 15.4 Å². The van der Waals surface area contributed by atoms with Gasteiger partial charge in [-0.1, -0.05) is 17.7 Å². The molecule has 4 aromatic rings. The zero-order valence-corrected chi connectivity index (χ0v) is 24.4. The molecule has 4 rings (SSSR count). The number of hydrogen-bond acceptors (Lipinski definition) is 8. The molecule has 43 heavy (non-hydrogen) atoms. The largest absolute Gasteiger partial charge is 0.494 e. The van der Waals surface area contributed by atoms with Crippen LogP contribution in [0, 0.1) is 17.0 Å². The zero-order valence-electron chi connectivity index (χ0n) is 23.5. The maximum atomic E-state index is 13.5. The Bertz CT molecular complexity index is 1670. The number of anilines is 1. The van der Waals surface area contributed by atoms with E-state index in [1.807, 2.05) is 13.8 Å². The molecule has 222 valence electrons. The molecule has 0 heterocycles. The van der Waals surface area contributed by atoms with E-state index in [2.05, 4.69) is 10.5 Å². The first-order chi connectivity index (χ1) is 20.7. The molecule has 0 spiro atoms. The summed E-state index contributed by atoms with van der Waals surface area (Å²) in [4.78, 5) is 23.2. The maximum absolute atomic E-state index is 13.5. The second kappa shape index (κ2) is 14.1. The van der Waals surface area contributed by atoms with Crippen molar-refractivity contribution in [2.45, 2.75) is 25.3 Å². The van der Waals surface area contributed by atoms with Crippen LogP contribution in [0.3, 0.4) is 0 Å². The number of benzene rings is 4. The van der Waals surface area contributed by atoms with Crippen molar-refractivity contribution in [1.82, 2.24) is 5.43 Å². The standard InChI is InChI=1S/C31H30N4O7S/c1-3-41-28-16-12-26(13-17-28)34(43(39,40)30-18-4-23(2)5-19-30)21-31(36)33-32-20-24-8-14-29(15-9-24)42-22-25-6-10-27(11-7-25)35(37)38/h4-20H,3,21-22H2,1-2H3,(H,33,36)/b32-20-. The molecule has 0 aliphatic heterocycles. The molecule has 1 amide bonds. The van der Waals surface area contributed by atoms with Gasteiger partial charge in [0.2, 0.25) is 0 Å². The van der Waals surface area contributed by atoms with E-state index < -0.39 is 27.4 Å². The van der Waals surface area contributed by atoms with Crippen molar-refractivity contribution >= 4 is 33.5 Å². The Morgan fingerprint density at radius 2 is 1.51 bits per heavy atom. The summed E-state index contributed by atoms with van der Waals surface area (Å²) in [5.41, 5.74) is 5.05. The first kappa shape index (κ1) is 30.7. The molecule has 0 aromatic heterocycles. The van der Waals surface area contributed by atoms with Crippen molar-refractivity contribution in [2.75, 3.05) is 17.5 Å². The Morgan fingerprint density at radius 1 is 0.907 bits per heavy atom. The van der Waals surface area contributed by atoms with Gasteiger partial charge in [-0.3, -0.25) is 19.2 Å². The van der Waals surface area contributed by atoms with Crippen LogP contribution in [0.15, 0.2) is 107 Å². The number of nitrogens with zero attached hydrogens (tertiary/aromatic N) is 3. The second-order valence-electron chi connectivity index (χ2n) is 9.33. The topological polar surface area (TPSA) is 140 Å². The van der Waals surface area contributed by atoms with Crippen molar-refractivity contribution < 1.29 is 27.6 Å². The van der Waals surface area contributed by atoms with Gasteiger partial charge >= 0.3 is 0 Å². The summed E-state index contributed by atoms with van der Waals surface area (Å²) in [5.74, 6) is 0.520. The number of ether oxygens (including phenoxy) is 2. The SMILES string of the molecule is CCOc1ccc(N(CC(=O)N/N=C\c2ccc(OCc3ccc([N+](=O)[O-])cc3)cc2)S(=O)(=O)c2ccc(C)cc2)cc1. The molecule has 1 N–H and O–H groups in total. The predicted molar refractivity (Wildman–Crippen MR) is 163 cm³/mol. The lowest BCUT2D eigenvalue weighted by Crippen LogP contribution is -2.39. The minimum Gasteiger partial charge on any atom is -0.494 e. The molecular formula is C31H30N4O7S. The van der Waals surface area contributed by atoms with Crippen molar-refractivity contribution in [3.63, 3.8) is 0 Å². The van der Waals surface area contributed by atoms with E-state index in [4.69, 9.17) is 9.47 Å². The molecule has 0 saturated carbocycles. The van der Waals surface area contributed by atoms with Gasteiger partial charge in [0.1, 0.15) is 24.7 Å². The monoisotopic (exact) mass is 602 g/mol. The van der Waals surface area contributed by atoms with E-state index in [0.29, 0.717) is 29.4 Å². The molecule has 0 aliphatic rings. The van der Waals surface area contributed by atoms with Crippen LogP contribution in [-0.4, -0.2) is 38.6 Å². The van der Waals surface area contributed by atoms with Gasteiger partial charge in [-0.2, -0.15) is 5.10 Å². The average molecular weight is 603 g/mol. The number of carbonyl (C=O) groups excluding carboxylic acids is 1. The Hall–Kier alpha value is -5.23. The zero-order chi connectivity index (χ0) is 30.8. The molecule has 0 atom stereocenters. The van der Waals surface area contributed by atoms with Crippen LogP contribution in [0.1, 0.15) is 23.6 Å². The number of hydrazone groups is 1. The number of non-ortho nitro benzene ring substituents is 1. The van der Waals surface area contributed by atoms with Gasteiger partial charge in [-0.15, -0.1) is 0 Å². The summed E-state index contributed by atoms with van der Waals surface area (Å²) < 4.78 is 39.3. The average Bonchev–Trinajstić information content (AvgIpc) is 3.00. The van der Waals surface area contributed by atoms with Crippen molar-refractivity contribution in [3.05, 3.63) is 124 Å². The summed E-state index contributed by atoms with van der Waals surface area (Å²) >= 11 is 0. The van der Waals surface area contributed by atoms with Crippen molar-refractivity contribution in [2.24, 2.45) is 5.10 Å². The molecule has 4 aromatic carbocycles. The lowest BCUT2D eigenvalue weighted by molar-refractivity contribution is -0.384. The fraction of sp³-hybridized carbons (Fsp3) is 0.161. The number of rotatable bonds is 13. The van der Waals surface area contributed by atoms with Crippen LogP contribution >= 0.6 is 0 Å². The highest BCUT2D eigenvalue weighted by atomic mass is 32.2. The fourth-order valence-electron chi connectivity index (χ4n) is 3.90. The highest BCUT2D eigenvalue weighted by Crippen LogP contribution is 2.26. The van der Waals surface area contributed by atoms with E-state index in [-0.39, 0.29) is 17.2 Å². The van der Waals surface area contributed by atoms with Crippen LogP contribution in [0.4, 0.5) is 11.4 Å². The number of aryl methyl sites for hydroxylation is 1.